The average molecular weight is 362 g/mol. The zero-order valence-corrected chi connectivity index (χ0v) is 17.6. The molecule has 1 rings (SSSR count). The van der Waals surface area contributed by atoms with E-state index in [1.54, 1.807) is 0 Å². The van der Waals surface area contributed by atoms with Crippen molar-refractivity contribution in [1.82, 2.24) is 0 Å². The van der Waals surface area contributed by atoms with E-state index in [0.717, 1.165) is 18.4 Å². The smallest absolute Gasteiger partial charge is 0.283 e. The maximum absolute atomic E-state index is 12.6. The number of nitrogens with two attached hydrogens (primary N) is 1. The van der Waals surface area contributed by atoms with Gasteiger partial charge >= 0.3 is 0 Å². The third-order valence-electron chi connectivity index (χ3n) is 5.70. The molecule has 0 aliphatic heterocycles. The Labute approximate surface area is 161 Å². The minimum atomic E-state index is -0.651. The highest BCUT2D eigenvalue weighted by molar-refractivity contribution is 5.84. The van der Waals surface area contributed by atoms with Crippen LogP contribution >= 0.6 is 0 Å². The Morgan fingerprint density at radius 1 is 0.846 bits per heavy atom. The highest BCUT2D eigenvalue weighted by atomic mass is 16.1. The van der Waals surface area contributed by atoms with Crippen LogP contribution in [0.5, 0.6) is 0 Å². The van der Waals surface area contributed by atoms with Gasteiger partial charge in [0.15, 0.2) is 0 Å². The Balaban J connectivity index is 2.52. The van der Waals surface area contributed by atoms with Gasteiger partial charge in [-0.3, -0.25) is 4.79 Å². The van der Waals surface area contributed by atoms with Crippen LogP contribution in [0.3, 0.4) is 0 Å². The van der Waals surface area contributed by atoms with Gasteiger partial charge in [0.2, 0.25) is 5.54 Å². The number of likely N-dealkylation sites (N-methyl/N-ethyl adjacent to an activating group) is 1. The second-order valence-corrected chi connectivity index (χ2v) is 8.53. The highest BCUT2D eigenvalue weighted by Gasteiger charge is 2.49. The number of nitrogens with zero attached hydrogens (tertiary/aromatic N) is 1. The zero-order valence-electron chi connectivity index (χ0n) is 17.6. The predicted octanol–water partition coefficient (Wildman–Crippen LogP) is 5.38. The van der Waals surface area contributed by atoms with Crippen molar-refractivity contribution < 1.29 is 9.28 Å². The number of primary amides is 1. The lowest BCUT2D eigenvalue weighted by molar-refractivity contribution is -0.921. The van der Waals surface area contributed by atoms with Crippen molar-refractivity contribution in [1.29, 1.82) is 0 Å². The molecule has 0 spiro atoms. The van der Waals surface area contributed by atoms with Gasteiger partial charge < -0.3 is 10.2 Å². The van der Waals surface area contributed by atoms with E-state index in [-0.39, 0.29) is 5.91 Å². The van der Waals surface area contributed by atoms with Crippen molar-refractivity contribution in [3.05, 3.63) is 35.9 Å². The molecule has 0 aliphatic rings. The van der Waals surface area contributed by atoms with Crippen molar-refractivity contribution in [2.75, 3.05) is 21.1 Å². The molecule has 3 heteroatoms. The maximum atomic E-state index is 12.6. The molecule has 0 radical (unpaired) electrons. The molecule has 0 saturated carbocycles. The van der Waals surface area contributed by atoms with Gasteiger partial charge in [-0.2, -0.15) is 0 Å². The Morgan fingerprint density at radius 2 is 1.31 bits per heavy atom. The molecule has 1 amide bonds. The van der Waals surface area contributed by atoms with E-state index in [0.29, 0.717) is 4.48 Å². The molecule has 1 unspecified atom stereocenters. The number of hydrogen-bond donors (Lipinski definition) is 1. The quantitative estimate of drug-likeness (QED) is 0.350. The summed E-state index contributed by atoms with van der Waals surface area (Å²) in [5.74, 6) is -0.216. The highest BCUT2D eigenvalue weighted by Crippen LogP contribution is 2.36. The summed E-state index contributed by atoms with van der Waals surface area (Å²) in [4.78, 5) is 12.6. The lowest BCUT2D eigenvalue weighted by Gasteiger charge is -2.44. The molecule has 2 N–H and O–H groups in total. The number of carbonyl (C=O) groups excluding carboxylic acids is 1. The molecule has 0 heterocycles. The predicted molar refractivity (Wildman–Crippen MR) is 112 cm³/mol. The van der Waals surface area contributed by atoms with Crippen molar-refractivity contribution in [3.63, 3.8) is 0 Å². The minimum absolute atomic E-state index is 0.216. The van der Waals surface area contributed by atoms with E-state index in [2.05, 4.69) is 28.1 Å². The minimum Gasteiger partial charge on any atom is -0.364 e. The molecule has 1 atom stereocenters. The second-order valence-electron chi connectivity index (χ2n) is 8.53. The normalized spacial score (nSPS) is 14.2. The number of unbranched alkanes of at least 4 members (excludes halogenated alkanes) is 9. The van der Waals surface area contributed by atoms with E-state index in [9.17, 15) is 4.79 Å². The third kappa shape index (κ3) is 6.42. The summed E-state index contributed by atoms with van der Waals surface area (Å²) < 4.78 is 0.532. The summed E-state index contributed by atoms with van der Waals surface area (Å²) in [7, 11) is 6.23. The lowest BCUT2D eigenvalue weighted by atomic mass is 9.81. The first-order valence-corrected chi connectivity index (χ1v) is 10.5. The van der Waals surface area contributed by atoms with E-state index in [1.165, 1.54) is 57.8 Å². The molecule has 0 aliphatic carbocycles. The summed E-state index contributed by atoms with van der Waals surface area (Å²) in [6.07, 6.45) is 13.8. The van der Waals surface area contributed by atoms with Gasteiger partial charge in [-0.1, -0.05) is 95.0 Å². The first-order valence-electron chi connectivity index (χ1n) is 10.5. The van der Waals surface area contributed by atoms with Crippen molar-refractivity contribution >= 4 is 5.91 Å². The van der Waals surface area contributed by atoms with Crippen LogP contribution in [-0.2, 0) is 10.3 Å². The fourth-order valence-corrected chi connectivity index (χ4v) is 4.05. The van der Waals surface area contributed by atoms with Gasteiger partial charge in [-0.05, 0) is 6.42 Å². The van der Waals surface area contributed by atoms with Crippen LogP contribution in [-0.4, -0.2) is 31.5 Å². The van der Waals surface area contributed by atoms with E-state index in [4.69, 9.17) is 5.73 Å². The number of quaternary nitrogens is 1. The largest absolute Gasteiger partial charge is 0.364 e. The molecular formula is C23H41N2O+. The van der Waals surface area contributed by atoms with E-state index < -0.39 is 5.54 Å². The van der Waals surface area contributed by atoms with Crippen LogP contribution in [0, 0.1) is 0 Å². The van der Waals surface area contributed by atoms with Crippen LogP contribution in [0.4, 0.5) is 0 Å². The van der Waals surface area contributed by atoms with Gasteiger partial charge in [0.1, 0.15) is 0 Å². The van der Waals surface area contributed by atoms with E-state index >= 15 is 0 Å². The molecule has 0 bridgehead atoms. The fraction of sp³-hybridized carbons (Fsp3) is 0.696. The van der Waals surface area contributed by atoms with Gasteiger partial charge in [0.25, 0.3) is 5.91 Å². The van der Waals surface area contributed by atoms with Crippen LogP contribution in [0.2, 0.25) is 0 Å². The van der Waals surface area contributed by atoms with Crippen LogP contribution in [0.1, 0.15) is 83.1 Å². The molecule has 0 saturated heterocycles. The molecule has 3 nitrogen and oxygen atoms in total. The van der Waals surface area contributed by atoms with Gasteiger partial charge in [0, 0.05) is 12.0 Å². The summed E-state index contributed by atoms with van der Waals surface area (Å²) >= 11 is 0. The Hall–Kier alpha value is -1.35. The van der Waals surface area contributed by atoms with Crippen molar-refractivity contribution in [2.45, 2.75) is 83.1 Å². The maximum Gasteiger partial charge on any atom is 0.283 e. The molecule has 1 aromatic carbocycles. The molecule has 148 valence electrons. The molecule has 26 heavy (non-hydrogen) atoms. The fourth-order valence-electron chi connectivity index (χ4n) is 4.05. The number of amides is 1. The van der Waals surface area contributed by atoms with Gasteiger partial charge in [0.05, 0.1) is 21.1 Å². The summed E-state index contributed by atoms with van der Waals surface area (Å²) in [5, 5.41) is 0. The number of hydrogen-bond acceptors (Lipinski definition) is 1. The van der Waals surface area contributed by atoms with Crippen LogP contribution < -0.4 is 5.73 Å². The number of rotatable bonds is 14. The van der Waals surface area contributed by atoms with Crippen molar-refractivity contribution in [2.24, 2.45) is 5.73 Å². The standard InChI is InChI=1S/C23H40N2O/c1-5-6-7-8-9-10-11-12-13-17-20-23(22(24)26,25(2,3)4)21-18-15-14-16-19-21/h14-16,18-19H,5-13,17,20H2,1-4H3,(H-,24,26)/p+1. The van der Waals surface area contributed by atoms with Gasteiger partial charge in [-0.25, -0.2) is 0 Å². The lowest BCUT2D eigenvalue weighted by Crippen LogP contribution is -2.61. The molecule has 1 aromatic rings. The Bertz CT molecular complexity index is 507. The summed E-state index contributed by atoms with van der Waals surface area (Å²) in [6, 6.07) is 10.1. The second kappa shape index (κ2) is 11.4. The summed E-state index contributed by atoms with van der Waals surface area (Å²) in [6.45, 7) is 2.26. The first kappa shape index (κ1) is 22.7. The van der Waals surface area contributed by atoms with Crippen LogP contribution in [0.15, 0.2) is 30.3 Å². The number of carbonyl (C=O) groups is 1. The zero-order chi connectivity index (χ0) is 19.5. The molecular weight excluding hydrogens is 320 g/mol. The number of benzene rings is 1. The van der Waals surface area contributed by atoms with E-state index in [1.807, 2.05) is 30.3 Å². The monoisotopic (exact) mass is 361 g/mol. The molecule has 0 aromatic heterocycles. The van der Waals surface area contributed by atoms with Crippen LogP contribution in [0.25, 0.3) is 0 Å². The first-order chi connectivity index (χ1) is 12.4. The average Bonchev–Trinajstić information content (AvgIpc) is 2.59. The summed E-state index contributed by atoms with van der Waals surface area (Å²) in [5.41, 5.74) is 6.34. The topological polar surface area (TPSA) is 43.1 Å². The third-order valence-corrected chi connectivity index (χ3v) is 5.70. The SMILES string of the molecule is CCCCCCCCCCCCC(C(N)=O)(c1ccccc1)[N+](C)(C)C. The Kier molecular flexibility index (Phi) is 9.93. The Morgan fingerprint density at radius 3 is 1.73 bits per heavy atom. The molecule has 0 fully saturated rings. The van der Waals surface area contributed by atoms with Crippen molar-refractivity contribution in [3.8, 4) is 0 Å². The van der Waals surface area contributed by atoms with Gasteiger partial charge in [-0.15, -0.1) is 0 Å².